The van der Waals surface area contributed by atoms with E-state index in [9.17, 15) is 55.4 Å². The number of methoxy groups -OCH3 is 1. The maximum absolute atomic E-state index is 14.7. The van der Waals surface area contributed by atoms with Crippen molar-refractivity contribution in [2.45, 2.75) is 70.1 Å². The van der Waals surface area contributed by atoms with Gasteiger partial charge in [-0.05, 0) is 54.2 Å². The molecule has 19 heteroatoms. The van der Waals surface area contributed by atoms with Crippen LogP contribution >= 0.6 is 0 Å². The van der Waals surface area contributed by atoms with E-state index in [1.165, 1.54) is 38.1 Å². The van der Waals surface area contributed by atoms with Crippen LogP contribution in [-0.2, 0) is 25.7 Å². The van der Waals surface area contributed by atoms with Crippen LogP contribution in [0.25, 0.3) is 0 Å². The van der Waals surface area contributed by atoms with Crippen molar-refractivity contribution < 1.29 is 89.7 Å². The van der Waals surface area contributed by atoms with Crippen molar-refractivity contribution in [1.82, 2.24) is 15.1 Å². The van der Waals surface area contributed by atoms with Crippen LogP contribution in [0.1, 0.15) is 49.4 Å². The average Bonchev–Trinajstić information content (AvgIpc) is 3.31. The largest absolute Gasteiger partial charge is 1.00 e. The molecule has 4 rings (SSSR count). The van der Waals surface area contributed by atoms with Crippen molar-refractivity contribution in [2.75, 3.05) is 18.2 Å². The molecule has 1 saturated heterocycles. The summed E-state index contributed by atoms with van der Waals surface area (Å²) < 4.78 is 93.0. The standard InChI is InChI=1S/C29H30F6N4O7.C7H9N.Na/c1-16(2)11-21(24(43)37-20(13-23(41)42)18-7-5-4-6-8-18)39-25(44)27(28(30,31)32,29(33,34)35)38(26(39)45)14-17-9-10-19(36-15-40)22(12-17)46-3;1-6-4-2-3-5-7(6)8;/h4-10,12,15-16,20-21H,11,13-14H2,1-3H3,(H,36,40)(H,37,43)(H,41,42);2-5H,8H2,1H3;/q;;+1/p-1. The first-order valence-electron chi connectivity index (χ1n) is 16.2. The molecule has 1 heterocycles. The first-order chi connectivity index (χ1) is 25.2. The van der Waals surface area contributed by atoms with E-state index < -0.39 is 84.0 Å². The van der Waals surface area contributed by atoms with Crippen molar-refractivity contribution in [3.8, 4) is 5.75 Å². The van der Waals surface area contributed by atoms with Crippen LogP contribution in [-0.4, -0.2) is 71.1 Å². The van der Waals surface area contributed by atoms with Crippen LogP contribution in [0.3, 0.4) is 0 Å². The average molecular weight is 790 g/mol. The Morgan fingerprint density at radius 3 is 2.02 bits per heavy atom. The number of nitrogens with zero attached hydrogens (tertiary/aromatic N) is 2. The third kappa shape index (κ3) is 10.5. The number of ether oxygens (including phenoxy) is 1. The number of carboxylic acids is 1. The Morgan fingerprint density at radius 2 is 1.55 bits per heavy atom. The van der Waals surface area contributed by atoms with Gasteiger partial charge in [-0.3, -0.25) is 19.3 Å². The molecule has 3 aromatic rings. The van der Waals surface area contributed by atoms with Gasteiger partial charge in [0.25, 0.3) is 5.91 Å². The van der Waals surface area contributed by atoms with Gasteiger partial charge in [0.2, 0.25) is 12.3 Å². The number of rotatable bonds is 13. The van der Waals surface area contributed by atoms with E-state index in [0.29, 0.717) is 0 Å². The number of nitrogen functional groups attached to an aromatic ring is 1. The maximum atomic E-state index is 14.7. The number of carbonyl (C=O) groups is 5. The fourth-order valence-corrected chi connectivity index (χ4v) is 5.75. The molecule has 12 nitrogen and oxygen atoms in total. The number of aryl methyl sites for hydroxylation is 1. The molecule has 5 amide bonds. The minimum Gasteiger partial charge on any atom is -0.550 e. The van der Waals surface area contributed by atoms with Gasteiger partial charge in [0.05, 0.1) is 18.8 Å². The number of aliphatic carboxylic acids is 1. The van der Waals surface area contributed by atoms with E-state index in [-0.39, 0.29) is 63.4 Å². The van der Waals surface area contributed by atoms with Gasteiger partial charge < -0.3 is 31.0 Å². The van der Waals surface area contributed by atoms with Crippen molar-refractivity contribution in [1.29, 1.82) is 0 Å². The van der Waals surface area contributed by atoms with Crippen LogP contribution < -0.4 is 55.8 Å². The van der Waals surface area contributed by atoms with Crippen molar-refractivity contribution >= 4 is 41.6 Å². The molecule has 1 fully saturated rings. The second-order valence-electron chi connectivity index (χ2n) is 12.6. The number of carboxylic acid groups (broad SMARTS) is 1. The zero-order valence-electron chi connectivity index (χ0n) is 30.5. The summed E-state index contributed by atoms with van der Waals surface area (Å²) in [7, 11) is 1.11. The predicted octanol–water partition coefficient (Wildman–Crippen LogP) is 1.88. The van der Waals surface area contributed by atoms with Crippen LogP contribution in [0.4, 0.5) is 42.5 Å². The molecule has 0 radical (unpaired) electrons. The van der Waals surface area contributed by atoms with Crippen LogP contribution in [0.2, 0.25) is 0 Å². The zero-order chi connectivity index (χ0) is 40.6. The smallest absolute Gasteiger partial charge is 0.550 e. The summed E-state index contributed by atoms with van der Waals surface area (Å²) in [5.74, 6) is -6.60. The topological polar surface area (TPSA) is 174 Å². The van der Waals surface area contributed by atoms with Gasteiger partial charge in [-0.1, -0.05) is 68.4 Å². The summed E-state index contributed by atoms with van der Waals surface area (Å²) in [5.41, 5.74) is 1.99. The molecule has 55 heavy (non-hydrogen) atoms. The van der Waals surface area contributed by atoms with E-state index in [2.05, 4.69) is 10.6 Å². The summed E-state index contributed by atoms with van der Waals surface area (Å²) >= 11 is 0. The van der Waals surface area contributed by atoms with Gasteiger partial charge in [-0.15, -0.1) is 0 Å². The summed E-state index contributed by atoms with van der Waals surface area (Å²) in [6.07, 6.45) is -14.0. The van der Waals surface area contributed by atoms with Crippen LogP contribution in [0.5, 0.6) is 5.75 Å². The Bertz CT molecular complexity index is 1790. The number of carbonyl (C=O) groups excluding carboxylic acids is 5. The number of para-hydroxylation sites is 1. The molecular weight excluding hydrogens is 751 g/mol. The number of benzene rings is 3. The Hall–Kier alpha value is -4.81. The monoisotopic (exact) mass is 789 g/mol. The number of hydrogen-bond acceptors (Lipinski definition) is 8. The molecule has 4 N–H and O–H groups in total. The number of halogens is 6. The Balaban J connectivity index is 0.00000103. The number of nitrogens with one attached hydrogen (secondary N) is 2. The molecule has 1 aliphatic heterocycles. The summed E-state index contributed by atoms with van der Waals surface area (Å²) in [6, 6.07) is 12.6. The number of imide groups is 1. The van der Waals surface area contributed by atoms with Gasteiger partial charge in [0.15, 0.2) is 0 Å². The number of amides is 5. The normalized spacial score (nSPS) is 15.0. The Morgan fingerprint density at radius 1 is 0.964 bits per heavy atom. The molecule has 0 aliphatic carbocycles. The number of alkyl halides is 6. The van der Waals surface area contributed by atoms with Crippen molar-refractivity contribution in [2.24, 2.45) is 5.92 Å². The SMILES string of the molecule is COc1cc(CN2C(=O)N(C(CC(C)C)C(=O)NC(CC(=O)[O-])c3ccccc3)C(=O)C2(C(F)(F)F)C(F)(F)F)ccc1NC=O.Cc1ccccc1N.[Na+]. The van der Waals surface area contributed by atoms with Crippen molar-refractivity contribution in [3.05, 3.63) is 89.5 Å². The number of urea groups is 1. The minimum absolute atomic E-state index is 0. The number of anilines is 2. The zero-order valence-corrected chi connectivity index (χ0v) is 32.5. The van der Waals surface area contributed by atoms with E-state index in [4.69, 9.17) is 10.5 Å². The fourth-order valence-electron chi connectivity index (χ4n) is 5.75. The maximum Gasteiger partial charge on any atom is 1.00 e. The Kier molecular flexibility index (Phi) is 16.2. The molecular formula is C36H38F6N5NaO7. The molecule has 0 saturated carbocycles. The van der Waals surface area contributed by atoms with Gasteiger partial charge in [0, 0.05) is 24.6 Å². The molecule has 0 spiro atoms. The third-order valence-corrected chi connectivity index (χ3v) is 8.40. The third-order valence-electron chi connectivity index (χ3n) is 8.40. The summed E-state index contributed by atoms with van der Waals surface area (Å²) in [4.78, 5) is 62.0. The molecule has 2 atom stereocenters. The predicted molar refractivity (Wildman–Crippen MR) is 181 cm³/mol. The van der Waals surface area contributed by atoms with E-state index in [1.807, 2.05) is 31.2 Å². The second kappa shape index (κ2) is 19.2. The molecule has 292 valence electrons. The first kappa shape index (κ1) is 46.3. The fraction of sp³-hybridized carbons (Fsp3) is 0.361. The van der Waals surface area contributed by atoms with Crippen molar-refractivity contribution in [3.63, 3.8) is 0 Å². The van der Waals surface area contributed by atoms with Gasteiger partial charge in [0.1, 0.15) is 11.8 Å². The molecule has 0 aromatic heterocycles. The molecule has 1 aliphatic rings. The molecule has 3 aromatic carbocycles. The van der Waals surface area contributed by atoms with E-state index >= 15 is 0 Å². The number of nitrogens with two attached hydrogens (primary N) is 1. The van der Waals surface area contributed by atoms with Crippen LogP contribution in [0.15, 0.2) is 72.8 Å². The Labute approximate surface area is 334 Å². The van der Waals surface area contributed by atoms with Gasteiger partial charge in [-0.25, -0.2) is 9.69 Å². The molecule has 0 bridgehead atoms. The van der Waals surface area contributed by atoms with E-state index in [1.54, 1.807) is 6.07 Å². The van der Waals surface area contributed by atoms with Gasteiger partial charge in [-0.2, -0.15) is 26.3 Å². The second-order valence-corrected chi connectivity index (χ2v) is 12.6. The van der Waals surface area contributed by atoms with Crippen LogP contribution in [0, 0.1) is 12.8 Å². The first-order valence-corrected chi connectivity index (χ1v) is 16.2. The van der Waals surface area contributed by atoms with Gasteiger partial charge >= 0.3 is 53.5 Å². The summed E-state index contributed by atoms with van der Waals surface area (Å²) in [5, 5.41) is 15.9. The number of hydrogen-bond donors (Lipinski definition) is 3. The minimum atomic E-state index is -6.42. The summed E-state index contributed by atoms with van der Waals surface area (Å²) in [6.45, 7) is 3.46. The quantitative estimate of drug-likeness (QED) is 0.0775. The molecule has 2 unspecified atom stereocenters. The van der Waals surface area contributed by atoms with E-state index in [0.717, 1.165) is 36.6 Å².